The minimum Gasteiger partial charge on any atom is -0.369 e. The topological polar surface area (TPSA) is 90.9 Å². The number of aldehydes is 1. The zero-order valence-electron chi connectivity index (χ0n) is 20.2. The van der Waals surface area contributed by atoms with Gasteiger partial charge in [-0.1, -0.05) is 91.0 Å². The molecule has 0 aromatic heterocycles. The Hall–Kier alpha value is -3.65. The highest BCUT2D eigenvalue weighted by Crippen LogP contribution is 2.16. The zero-order chi connectivity index (χ0) is 25.6. The highest BCUT2D eigenvalue weighted by molar-refractivity contribution is 5.86. The smallest absolute Gasteiger partial charge is 0.217 e. The molecule has 0 aliphatic carbocycles. The van der Waals surface area contributed by atoms with Crippen LogP contribution in [0.3, 0.4) is 0 Å². The summed E-state index contributed by atoms with van der Waals surface area (Å²) in [4.78, 5) is 37.2. The van der Waals surface area contributed by atoms with E-state index < -0.39 is 29.9 Å². The van der Waals surface area contributed by atoms with Gasteiger partial charge in [-0.25, -0.2) is 0 Å². The highest BCUT2D eigenvalue weighted by atomic mass is 16.5. The Kier molecular flexibility index (Phi) is 11.0. The Morgan fingerprint density at radius 1 is 0.750 bits per heavy atom. The van der Waals surface area contributed by atoms with Crippen molar-refractivity contribution in [2.75, 3.05) is 6.61 Å². The van der Waals surface area contributed by atoms with Crippen molar-refractivity contribution in [2.24, 2.45) is 0 Å². The molecule has 0 spiro atoms. The van der Waals surface area contributed by atoms with Gasteiger partial charge in [0.15, 0.2) is 5.78 Å². The molecule has 0 radical (unpaired) electrons. The third kappa shape index (κ3) is 8.85. The summed E-state index contributed by atoms with van der Waals surface area (Å²) in [6.45, 7) is 1.54. The second-order valence-electron chi connectivity index (χ2n) is 8.29. The monoisotopic (exact) mass is 489 g/mol. The van der Waals surface area contributed by atoms with Crippen molar-refractivity contribution in [1.82, 2.24) is 5.32 Å². The lowest BCUT2D eigenvalue weighted by atomic mass is 10.0. The second-order valence-corrected chi connectivity index (χ2v) is 8.29. The van der Waals surface area contributed by atoms with Crippen molar-refractivity contribution < 1.29 is 28.6 Å². The fraction of sp³-hybridized carbons (Fsp3) is 0.276. The third-order valence-corrected chi connectivity index (χ3v) is 5.40. The molecule has 7 nitrogen and oxygen atoms in total. The van der Waals surface area contributed by atoms with Crippen LogP contribution in [0.1, 0.15) is 23.6 Å². The van der Waals surface area contributed by atoms with Crippen molar-refractivity contribution in [3.8, 4) is 0 Å². The largest absolute Gasteiger partial charge is 0.369 e. The SMILES string of the molecule is CC(=O)N[C@@H](C=O)[C@@H](OCc1ccccc1)[C@H](OCc1ccccc1)C(=O)COCc1ccccc1. The Bertz CT molecular complexity index is 1070. The molecule has 3 rings (SSSR count). The summed E-state index contributed by atoms with van der Waals surface area (Å²) in [5.41, 5.74) is 2.63. The molecule has 0 saturated heterocycles. The van der Waals surface area contributed by atoms with E-state index in [0.717, 1.165) is 16.7 Å². The summed E-state index contributed by atoms with van der Waals surface area (Å²) in [5.74, 6) is -0.813. The second kappa shape index (κ2) is 14.7. The van der Waals surface area contributed by atoms with Crippen LogP contribution in [0.15, 0.2) is 91.0 Å². The number of hydrogen-bond donors (Lipinski definition) is 1. The zero-order valence-corrected chi connectivity index (χ0v) is 20.2. The predicted molar refractivity (Wildman–Crippen MR) is 135 cm³/mol. The standard InChI is InChI=1S/C29H31NO6/c1-22(32)30-26(17-31)28(35-19-24-13-7-3-8-14-24)29(36-20-25-15-9-4-10-16-25)27(33)21-34-18-23-11-5-2-6-12-23/h2-17,26,28-29H,18-21H2,1H3,(H,30,32)/t26-,28+,29+/m0/s1. The maximum Gasteiger partial charge on any atom is 0.217 e. The number of ketones is 1. The van der Waals surface area contributed by atoms with Gasteiger partial charge in [-0.2, -0.15) is 0 Å². The van der Waals surface area contributed by atoms with Crippen LogP contribution in [0.25, 0.3) is 0 Å². The number of hydrogen-bond acceptors (Lipinski definition) is 6. The van der Waals surface area contributed by atoms with Crippen LogP contribution in [0, 0.1) is 0 Å². The Balaban J connectivity index is 1.80. The molecule has 3 aromatic carbocycles. The molecular weight excluding hydrogens is 458 g/mol. The van der Waals surface area contributed by atoms with Gasteiger partial charge in [-0.05, 0) is 16.7 Å². The lowest BCUT2D eigenvalue weighted by Crippen LogP contribution is -2.54. The fourth-order valence-electron chi connectivity index (χ4n) is 3.63. The summed E-state index contributed by atoms with van der Waals surface area (Å²) < 4.78 is 17.8. The number of ether oxygens (including phenoxy) is 3. The van der Waals surface area contributed by atoms with E-state index in [1.54, 1.807) is 0 Å². The molecule has 3 atom stereocenters. The quantitative estimate of drug-likeness (QED) is 0.328. The average Bonchev–Trinajstić information content (AvgIpc) is 2.91. The van der Waals surface area contributed by atoms with E-state index >= 15 is 0 Å². The molecular formula is C29H31NO6. The molecule has 0 aliphatic rings. The molecule has 0 unspecified atom stereocenters. The van der Waals surface area contributed by atoms with E-state index in [2.05, 4.69) is 5.32 Å². The number of rotatable bonds is 15. The van der Waals surface area contributed by atoms with Crippen LogP contribution in [-0.4, -0.2) is 42.8 Å². The minimum atomic E-state index is -1.16. The van der Waals surface area contributed by atoms with Gasteiger partial charge < -0.3 is 24.3 Å². The van der Waals surface area contributed by atoms with E-state index in [0.29, 0.717) is 6.29 Å². The van der Waals surface area contributed by atoms with Crippen molar-refractivity contribution in [3.05, 3.63) is 108 Å². The number of nitrogens with one attached hydrogen (secondary N) is 1. The molecule has 1 amide bonds. The molecule has 3 aromatic rings. The van der Waals surface area contributed by atoms with Crippen molar-refractivity contribution in [3.63, 3.8) is 0 Å². The van der Waals surface area contributed by atoms with Gasteiger partial charge in [-0.3, -0.25) is 9.59 Å². The van der Waals surface area contributed by atoms with Crippen molar-refractivity contribution >= 4 is 18.0 Å². The van der Waals surface area contributed by atoms with Gasteiger partial charge in [0.1, 0.15) is 31.1 Å². The van der Waals surface area contributed by atoms with Gasteiger partial charge in [0, 0.05) is 6.92 Å². The molecule has 7 heteroatoms. The molecule has 0 heterocycles. The Labute approximate surface area is 211 Å². The predicted octanol–water partition coefficient (Wildman–Crippen LogP) is 3.65. The number of carbonyl (C=O) groups excluding carboxylic acids is 3. The van der Waals surface area contributed by atoms with Crippen LogP contribution < -0.4 is 5.32 Å². The first-order chi connectivity index (χ1) is 17.6. The lowest BCUT2D eigenvalue weighted by molar-refractivity contribution is -0.155. The Morgan fingerprint density at radius 2 is 1.22 bits per heavy atom. The molecule has 1 N–H and O–H groups in total. The van der Waals surface area contributed by atoms with Crippen molar-refractivity contribution in [2.45, 2.75) is 45.0 Å². The van der Waals surface area contributed by atoms with Gasteiger partial charge >= 0.3 is 0 Å². The molecule has 0 aliphatic heterocycles. The fourth-order valence-corrected chi connectivity index (χ4v) is 3.63. The minimum absolute atomic E-state index is 0.118. The maximum atomic E-state index is 13.4. The third-order valence-electron chi connectivity index (χ3n) is 5.40. The summed E-state index contributed by atoms with van der Waals surface area (Å²) in [6, 6.07) is 27.1. The summed E-state index contributed by atoms with van der Waals surface area (Å²) in [7, 11) is 0. The van der Waals surface area contributed by atoms with Gasteiger partial charge in [0.2, 0.25) is 5.91 Å². The van der Waals surface area contributed by atoms with E-state index in [1.807, 2.05) is 91.0 Å². The normalized spacial score (nSPS) is 13.4. The summed E-state index contributed by atoms with van der Waals surface area (Å²) in [6.07, 6.45) is -1.66. The molecule has 36 heavy (non-hydrogen) atoms. The Morgan fingerprint density at radius 3 is 1.69 bits per heavy atom. The van der Waals surface area contributed by atoms with E-state index in [1.165, 1.54) is 6.92 Å². The number of amides is 1. The van der Waals surface area contributed by atoms with Crippen LogP contribution in [0.5, 0.6) is 0 Å². The van der Waals surface area contributed by atoms with E-state index in [4.69, 9.17) is 14.2 Å². The first kappa shape index (κ1) is 26.9. The van der Waals surface area contributed by atoms with Crippen molar-refractivity contribution in [1.29, 1.82) is 0 Å². The van der Waals surface area contributed by atoms with Gasteiger partial charge in [-0.15, -0.1) is 0 Å². The first-order valence-electron chi connectivity index (χ1n) is 11.7. The summed E-state index contributed by atoms with van der Waals surface area (Å²) >= 11 is 0. The first-order valence-corrected chi connectivity index (χ1v) is 11.7. The lowest BCUT2D eigenvalue weighted by Gasteiger charge is -2.30. The number of carbonyl (C=O) groups is 3. The number of Topliss-reactive ketones (excluding diaryl/α,β-unsaturated/α-hetero) is 1. The van der Waals surface area contributed by atoms with Gasteiger partial charge in [0.25, 0.3) is 0 Å². The molecule has 0 fully saturated rings. The maximum absolute atomic E-state index is 13.4. The van der Waals surface area contributed by atoms with Gasteiger partial charge in [0.05, 0.1) is 19.8 Å². The average molecular weight is 490 g/mol. The van der Waals surface area contributed by atoms with Crippen LogP contribution in [0.4, 0.5) is 0 Å². The highest BCUT2D eigenvalue weighted by Gasteiger charge is 2.37. The van der Waals surface area contributed by atoms with E-state index in [-0.39, 0.29) is 26.4 Å². The van der Waals surface area contributed by atoms with Crippen LogP contribution in [0.2, 0.25) is 0 Å². The number of benzene rings is 3. The summed E-state index contributed by atoms with van der Waals surface area (Å²) in [5, 5.41) is 2.58. The van der Waals surface area contributed by atoms with Crippen LogP contribution in [-0.2, 0) is 48.4 Å². The molecule has 0 saturated carbocycles. The molecule has 0 bridgehead atoms. The van der Waals surface area contributed by atoms with E-state index in [9.17, 15) is 14.4 Å². The van der Waals surface area contributed by atoms with Crippen LogP contribution >= 0.6 is 0 Å². The molecule has 188 valence electrons.